The molecule has 0 aliphatic carbocycles. The Kier molecular flexibility index (Phi) is 7.46. The van der Waals surface area contributed by atoms with E-state index in [1.54, 1.807) is 6.20 Å². The fourth-order valence-corrected chi connectivity index (χ4v) is 4.46. The summed E-state index contributed by atoms with van der Waals surface area (Å²) in [6.07, 6.45) is 8.54. The first-order valence-electron chi connectivity index (χ1n) is 11.3. The molecule has 0 bridgehead atoms. The van der Waals surface area contributed by atoms with Crippen molar-refractivity contribution in [3.63, 3.8) is 0 Å². The van der Waals surface area contributed by atoms with E-state index in [0.717, 1.165) is 56.7 Å². The first-order valence-corrected chi connectivity index (χ1v) is 11.7. The maximum atomic E-state index is 6.32. The molecule has 0 radical (unpaired) electrons. The van der Waals surface area contributed by atoms with Crippen molar-refractivity contribution in [2.75, 3.05) is 42.5 Å². The Morgan fingerprint density at radius 3 is 2.81 bits per heavy atom. The van der Waals surface area contributed by atoms with E-state index in [9.17, 15) is 0 Å². The van der Waals surface area contributed by atoms with Gasteiger partial charge >= 0.3 is 0 Å². The van der Waals surface area contributed by atoms with Gasteiger partial charge in [0.25, 0.3) is 0 Å². The summed E-state index contributed by atoms with van der Waals surface area (Å²) in [6.45, 7) is 7.52. The highest BCUT2D eigenvalue weighted by Crippen LogP contribution is 2.25. The minimum Gasteiger partial charge on any atom is -0.357 e. The van der Waals surface area contributed by atoms with Crippen molar-refractivity contribution in [2.24, 2.45) is 4.99 Å². The Bertz CT molecular complexity index is 882. The molecule has 166 valence electrons. The summed E-state index contributed by atoms with van der Waals surface area (Å²) >= 11 is 6.32. The van der Waals surface area contributed by atoms with Crippen LogP contribution in [-0.4, -0.2) is 54.7 Å². The third-order valence-corrected chi connectivity index (χ3v) is 6.12. The Balaban J connectivity index is 1.37. The number of hydrogen-bond acceptors (Lipinski definition) is 5. The van der Waals surface area contributed by atoms with E-state index >= 15 is 0 Å². The average molecular weight is 442 g/mol. The molecule has 2 aliphatic rings. The van der Waals surface area contributed by atoms with E-state index < -0.39 is 0 Å². The molecule has 0 spiro atoms. The lowest BCUT2D eigenvalue weighted by molar-refractivity contribution is 0.573. The van der Waals surface area contributed by atoms with Crippen molar-refractivity contribution >= 4 is 29.2 Å². The number of aromatic nitrogens is 2. The van der Waals surface area contributed by atoms with E-state index in [1.165, 1.54) is 24.8 Å². The smallest absolute Gasteiger partial charge is 0.191 e. The predicted molar refractivity (Wildman–Crippen MR) is 128 cm³/mol. The molecule has 2 fully saturated rings. The molecule has 0 amide bonds. The van der Waals surface area contributed by atoms with E-state index in [0.29, 0.717) is 17.6 Å². The summed E-state index contributed by atoms with van der Waals surface area (Å²) < 4.78 is 0. The zero-order valence-electron chi connectivity index (χ0n) is 18.2. The number of piperidine rings is 1. The number of pyridine rings is 2. The van der Waals surface area contributed by atoms with Crippen molar-refractivity contribution < 1.29 is 0 Å². The molecule has 4 heterocycles. The second-order valence-electron chi connectivity index (χ2n) is 8.15. The highest BCUT2D eigenvalue weighted by atomic mass is 35.5. The van der Waals surface area contributed by atoms with Gasteiger partial charge in [0.05, 0.1) is 11.6 Å². The van der Waals surface area contributed by atoms with Gasteiger partial charge in [-0.15, -0.1) is 0 Å². The molecule has 1 atom stereocenters. The summed E-state index contributed by atoms with van der Waals surface area (Å²) in [4.78, 5) is 18.5. The van der Waals surface area contributed by atoms with Crippen LogP contribution in [0.2, 0.25) is 5.02 Å². The molecule has 31 heavy (non-hydrogen) atoms. The summed E-state index contributed by atoms with van der Waals surface area (Å²) in [5.74, 6) is 2.78. The topological polar surface area (TPSA) is 68.7 Å². The van der Waals surface area contributed by atoms with E-state index in [4.69, 9.17) is 16.6 Å². The lowest BCUT2D eigenvalue weighted by Gasteiger charge is -2.27. The van der Waals surface area contributed by atoms with Crippen molar-refractivity contribution in [3.05, 3.63) is 47.2 Å². The molecule has 2 N–H and O–H groups in total. The zero-order valence-corrected chi connectivity index (χ0v) is 19.0. The van der Waals surface area contributed by atoms with Gasteiger partial charge < -0.3 is 20.4 Å². The van der Waals surface area contributed by atoms with Gasteiger partial charge in [-0.3, -0.25) is 0 Å². The molecule has 1 unspecified atom stereocenters. The van der Waals surface area contributed by atoms with Crippen LogP contribution in [0.5, 0.6) is 0 Å². The molecule has 0 saturated carbocycles. The summed E-state index contributed by atoms with van der Waals surface area (Å²) in [7, 11) is 0. The van der Waals surface area contributed by atoms with Crippen LogP contribution in [-0.2, 0) is 6.54 Å². The lowest BCUT2D eigenvalue weighted by Crippen LogP contribution is -2.44. The number of hydrogen-bond donors (Lipinski definition) is 2. The predicted octanol–water partition coefficient (Wildman–Crippen LogP) is 3.45. The highest BCUT2D eigenvalue weighted by Gasteiger charge is 2.25. The first kappa shape index (κ1) is 21.7. The Hall–Kier alpha value is -2.54. The largest absolute Gasteiger partial charge is 0.357 e. The molecular formula is C23H32ClN7. The van der Waals surface area contributed by atoms with Crippen LogP contribution < -0.4 is 20.4 Å². The van der Waals surface area contributed by atoms with Crippen LogP contribution in [0.1, 0.15) is 38.2 Å². The van der Waals surface area contributed by atoms with Crippen LogP contribution in [0.3, 0.4) is 0 Å². The van der Waals surface area contributed by atoms with Crippen LogP contribution in [0, 0.1) is 0 Å². The fourth-order valence-electron chi connectivity index (χ4n) is 4.22. The third-order valence-electron chi connectivity index (χ3n) is 5.82. The van der Waals surface area contributed by atoms with E-state index in [1.807, 2.05) is 18.3 Å². The van der Waals surface area contributed by atoms with Gasteiger partial charge in [0, 0.05) is 51.2 Å². The zero-order chi connectivity index (χ0) is 21.5. The van der Waals surface area contributed by atoms with Gasteiger partial charge in [0.2, 0.25) is 0 Å². The summed E-state index contributed by atoms with van der Waals surface area (Å²) in [5, 5.41) is 7.66. The number of anilines is 2. The van der Waals surface area contributed by atoms with Gasteiger partial charge in [-0.05, 0) is 62.4 Å². The number of nitrogens with one attached hydrogen (secondary N) is 2. The SMILES string of the molecule is CCNC(=NCc1ccnc(N2CCCCC2)c1)NC1CCN(c2ncccc2Cl)C1. The molecule has 0 aromatic carbocycles. The minimum absolute atomic E-state index is 0.303. The molecule has 8 heteroatoms. The van der Waals surface area contributed by atoms with E-state index in [2.05, 4.69) is 49.5 Å². The fraction of sp³-hybridized carbons (Fsp3) is 0.522. The second kappa shape index (κ2) is 10.7. The molecule has 2 aromatic heterocycles. The highest BCUT2D eigenvalue weighted by molar-refractivity contribution is 6.32. The maximum absolute atomic E-state index is 6.32. The number of rotatable bonds is 6. The molecule has 4 rings (SSSR count). The molecule has 2 saturated heterocycles. The van der Waals surface area contributed by atoms with Crippen LogP contribution in [0.25, 0.3) is 0 Å². The lowest BCUT2D eigenvalue weighted by atomic mass is 10.1. The van der Waals surface area contributed by atoms with Crippen LogP contribution in [0.15, 0.2) is 41.7 Å². The van der Waals surface area contributed by atoms with Gasteiger partial charge in [0.1, 0.15) is 11.6 Å². The maximum Gasteiger partial charge on any atom is 0.191 e. The summed E-state index contributed by atoms with van der Waals surface area (Å²) in [6, 6.07) is 8.30. The second-order valence-corrected chi connectivity index (χ2v) is 8.56. The molecule has 7 nitrogen and oxygen atoms in total. The van der Waals surface area contributed by atoms with Gasteiger partial charge in [-0.25, -0.2) is 15.0 Å². The number of nitrogens with zero attached hydrogens (tertiary/aromatic N) is 5. The quantitative estimate of drug-likeness (QED) is 0.528. The van der Waals surface area contributed by atoms with Crippen molar-refractivity contribution in [1.29, 1.82) is 0 Å². The van der Waals surface area contributed by atoms with Crippen LogP contribution in [0.4, 0.5) is 11.6 Å². The van der Waals surface area contributed by atoms with Crippen molar-refractivity contribution in [3.8, 4) is 0 Å². The number of aliphatic imine (C=N–C) groups is 1. The van der Waals surface area contributed by atoms with Crippen molar-refractivity contribution in [1.82, 2.24) is 20.6 Å². The number of guanidine groups is 1. The van der Waals surface area contributed by atoms with Gasteiger partial charge in [0.15, 0.2) is 5.96 Å². The van der Waals surface area contributed by atoms with Crippen LogP contribution >= 0.6 is 11.6 Å². The third kappa shape index (κ3) is 5.79. The van der Waals surface area contributed by atoms with Gasteiger partial charge in [-0.1, -0.05) is 11.6 Å². The Morgan fingerprint density at radius 1 is 1.13 bits per heavy atom. The average Bonchev–Trinajstić information content (AvgIpc) is 3.27. The Labute approximate surface area is 189 Å². The summed E-state index contributed by atoms with van der Waals surface area (Å²) in [5.41, 5.74) is 1.18. The Morgan fingerprint density at radius 2 is 2.00 bits per heavy atom. The van der Waals surface area contributed by atoms with Gasteiger partial charge in [-0.2, -0.15) is 0 Å². The molecule has 2 aromatic rings. The normalized spacial score (nSPS) is 19.5. The standard InChI is InChI=1S/C23H32ClN7/c1-2-25-23(29-19-9-14-31(17-19)22-20(24)7-6-10-27-22)28-16-18-8-11-26-21(15-18)30-12-4-3-5-13-30/h6-8,10-11,15,19H,2-5,9,12-14,16-17H2,1H3,(H2,25,28,29). The van der Waals surface area contributed by atoms with E-state index in [-0.39, 0.29) is 0 Å². The number of halogens is 1. The monoisotopic (exact) mass is 441 g/mol. The molecular weight excluding hydrogens is 410 g/mol. The first-order chi connectivity index (χ1) is 15.2. The molecule has 2 aliphatic heterocycles. The minimum atomic E-state index is 0.303. The van der Waals surface area contributed by atoms with Crippen molar-refractivity contribution in [2.45, 2.75) is 45.2 Å².